The maximum Gasteiger partial charge on any atom is 0.168 e. The third kappa shape index (κ3) is 3.75. The summed E-state index contributed by atoms with van der Waals surface area (Å²) in [5.74, 6) is -1.33. The van der Waals surface area contributed by atoms with Crippen molar-refractivity contribution < 1.29 is 24.1 Å². The minimum absolute atomic E-state index is 0.0168. The number of benzene rings is 3. The molecule has 0 heterocycles. The van der Waals surface area contributed by atoms with Crippen molar-refractivity contribution in [1.29, 1.82) is 0 Å². The van der Waals surface area contributed by atoms with Crippen LogP contribution in [0.1, 0.15) is 32.6 Å². The van der Waals surface area contributed by atoms with Gasteiger partial charge >= 0.3 is 0 Å². The highest BCUT2D eigenvalue weighted by atomic mass is 19.1. The Kier molecular flexibility index (Phi) is 5.76. The molecule has 3 aromatic rings. The van der Waals surface area contributed by atoms with Crippen molar-refractivity contribution >= 4 is 6.29 Å². The van der Waals surface area contributed by atoms with Gasteiger partial charge in [-0.25, -0.2) is 4.39 Å². The summed E-state index contributed by atoms with van der Waals surface area (Å²) in [6.07, 6.45) is 0.480. The van der Waals surface area contributed by atoms with Gasteiger partial charge in [-0.3, -0.25) is 4.79 Å². The molecule has 3 rings (SSSR count). The van der Waals surface area contributed by atoms with Crippen LogP contribution in [0, 0.1) is 19.7 Å². The van der Waals surface area contributed by atoms with E-state index in [1.807, 2.05) is 37.3 Å². The smallest absolute Gasteiger partial charge is 0.168 e. The molecule has 0 aliphatic rings. The molecular weight excluding hydrogens is 359 g/mol. The van der Waals surface area contributed by atoms with Crippen LogP contribution >= 0.6 is 0 Å². The Morgan fingerprint density at radius 2 is 1.71 bits per heavy atom. The van der Waals surface area contributed by atoms with E-state index in [1.165, 1.54) is 12.1 Å². The summed E-state index contributed by atoms with van der Waals surface area (Å²) in [6, 6.07) is 13.9. The van der Waals surface area contributed by atoms with Crippen LogP contribution in [0.3, 0.4) is 0 Å². The number of aromatic hydroxyl groups is 2. The quantitative estimate of drug-likeness (QED) is 0.464. The Balaban J connectivity index is 2.10. The fourth-order valence-electron chi connectivity index (χ4n) is 3.28. The number of phenolic OH excluding ortho intramolecular Hbond substituents is 2. The van der Waals surface area contributed by atoms with E-state index in [1.54, 1.807) is 13.0 Å². The molecule has 0 atom stereocenters. The monoisotopic (exact) mass is 380 g/mol. The fourth-order valence-corrected chi connectivity index (χ4v) is 3.28. The molecule has 0 aromatic heterocycles. The Morgan fingerprint density at radius 3 is 2.39 bits per heavy atom. The van der Waals surface area contributed by atoms with Gasteiger partial charge in [0.15, 0.2) is 17.8 Å². The van der Waals surface area contributed by atoms with Gasteiger partial charge in [0.2, 0.25) is 0 Å². The molecule has 2 N–H and O–H groups in total. The van der Waals surface area contributed by atoms with Gasteiger partial charge < -0.3 is 14.9 Å². The van der Waals surface area contributed by atoms with E-state index in [9.17, 15) is 19.4 Å². The minimum atomic E-state index is -0.497. The molecule has 0 amide bonds. The van der Waals surface area contributed by atoms with E-state index in [4.69, 9.17) is 4.74 Å². The molecule has 0 saturated heterocycles. The molecule has 0 spiro atoms. The van der Waals surface area contributed by atoms with Crippen LogP contribution in [0.25, 0.3) is 11.1 Å². The second-order valence-electron chi connectivity index (χ2n) is 6.64. The SMILES string of the molecule is Cc1ccc(F)cc1-c1c(C)c(O)c(O)c(C=O)c1COCc1ccccc1. The van der Waals surface area contributed by atoms with Gasteiger partial charge in [0, 0.05) is 11.1 Å². The summed E-state index contributed by atoms with van der Waals surface area (Å²) >= 11 is 0. The summed E-state index contributed by atoms with van der Waals surface area (Å²) in [5.41, 5.74) is 3.46. The first-order valence-corrected chi connectivity index (χ1v) is 8.84. The van der Waals surface area contributed by atoms with Crippen LogP contribution in [0.15, 0.2) is 48.5 Å². The van der Waals surface area contributed by atoms with E-state index < -0.39 is 17.3 Å². The second kappa shape index (κ2) is 8.23. The molecule has 0 aliphatic heterocycles. The average Bonchev–Trinajstić information content (AvgIpc) is 2.70. The summed E-state index contributed by atoms with van der Waals surface area (Å²) in [5, 5.41) is 20.6. The van der Waals surface area contributed by atoms with E-state index in [-0.39, 0.29) is 12.2 Å². The van der Waals surface area contributed by atoms with Crippen LogP contribution in [0.4, 0.5) is 4.39 Å². The maximum absolute atomic E-state index is 13.9. The standard InChI is InChI=1S/C23H21FO4/c1-14-8-9-17(24)10-18(14)21-15(2)22(26)23(27)19(11-25)20(21)13-28-12-16-6-4-3-5-7-16/h3-11,26-27H,12-13H2,1-2H3. The summed E-state index contributed by atoms with van der Waals surface area (Å²) in [4.78, 5) is 11.7. The summed E-state index contributed by atoms with van der Waals surface area (Å²) in [7, 11) is 0. The first kappa shape index (κ1) is 19.6. The number of phenols is 2. The first-order valence-electron chi connectivity index (χ1n) is 8.84. The zero-order chi connectivity index (χ0) is 20.3. The van der Waals surface area contributed by atoms with Crippen LogP contribution in [0.2, 0.25) is 0 Å². The van der Waals surface area contributed by atoms with Crippen molar-refractivity contribution in [3.63, 3.8) is 0 Å². The average molecular weight is 380 g/mol. The molecule has 3 aromatic carbocycles. The third-order valence-electron chi connectivity index (χ3n) is 4.78. The number of ether oxygens (including phenoxy) is 1. The molecule has 0 unspecified atom stereocenters. The molecule has 0 fully saturated rings. The van der Waals surface area contributed by atoms with Gasteiger partial charge in [-0.15, -0.1) is 0 Å². The number of aldehydes is 1. The third-order valence-corrected chi connectivity index (χ3v) is 4.78. The molecule has 144 valence electrons. The molecule has 5 heteroatoms. The molecule has 4 nitrogen and oxygen atoms in total. The molecule has 0 bridgehead atoms. The highest BCUT2D eigenvalue weighted by Crippen LogP contribution is 2.43. The molecule has 0 saturated carbocycles. The highest BCUT2D eigenvalue weighted by molar-refractivity contribution is 5.91. The van der Waals surface area contributed by atoms with Crippen LogP contribution in [0.5, 0.6) is 11.5 Å². The van der Waals surface area contributed by atoms with Crippen molar-refractivity contribution in [2.45, 2.75) is 27.1 Å². The van der Waals surface area contributed by atoms with Crippen LogP contribution < -0.4 is 0 Å². The highest BCUT2D eigenvalue weighted by Gasteiger charge is 2.23. The molecular formula is C23H21FO4. The van der Waals surface area contributed by atoms with Gasteiger partial charge in [-0.1, -0.05) is 36.4 Å². The topological polar surface area (TPSA) is 66.8 Å². The number of aryl methyl sites for hydroxylation is 1. The fraction of sp³-hybridized carbons (Fsp3) is 0.174. The van der Waals surface area contributed by atoms with Gasteiger partial charge in [0.1, 0.15) is 5.82 Å². The lowest BCUT2D eigenvalue weighted by Gasteiger charge is -2.20. The van der Waals surface area contributed by atoms with Crippen molar-refractivity contribution in [3.8, 4) is 22.6 Å². The van der Waals surface area contributed by atoms with Crippen molar-refractivity contribution in [1.82, 2.24) is 0 Å². The predicted molar refractivity (Wildman–Crippen MR) is 105 cm³/mol. The van der Waals surface area contributed by atoms with E-state index >= 15 is 0 Å². The lowest BCUT2D eigenvalue weighted by atomic mass is 9.88. The maximum atomic E-state index is 13.9. The minimum Gasteiger partial charge on any atom is -0.504 e. The second-order valence-corrected chi connectivity index (χ2v) is 6.64. The van der Waals surface area contributed by atoms with E-state index in [0.717, 1.165) is 11.1 Å². The Labute approximate surface area is 162 Å². The van der Waals surface area contributed by atoms with Gasteiger partial charge in [-0.2, -0.15) is 0 Å². The number of rotatable bonds is 6. The summed E-state index contributed by atoms with van der Waals surface area (Å²) < 4.78 is 19.7. The number of hydrogen-bond donors (Lipinski definition) is 2. The number of hydrogen-bond acceptors (Lipinski definition) is 4. The zero-order valence-corrected chi connectivity index (χ0v) is 15.7. The van der Waals surface area contributed by atoms with E-state index in [0.29, 0.717) is 35.1 Å². The first-order chi connectivity index (χ1) is 13.4. The lowest BCUT2D eigenvalue weighted by molar-refractivity contribution is 0.103. The number of halogens is 1. The van der Waals surface area contributed by atoms with Gasteiger partial charge in [-0.05, 0) is 48.2 Å². The predicted octanol–water partition coefficient (Wildman–Crippen LogP) is 5.05. The zero-order valence-electron chi connectivity index (χ0n) is 15.7. The Bertz CT molecular complexity index is 1010. The number of carbonyl (C=O) groups is 1. The lowest BCUT2D eigenvalue weighted by Crippen LogP contribution is -2.05. The Hall–Kier alpha value is -3.18. The van der Waals surface area contributed by atoms with Gasteiger partial charge in [0.05, 0.1) is 18.8 Å². The van der Waals surface area contributed by atoms with Crippen molar-refractivity contribution in [2.24, 2.45) is 0 Å². The van der Waals surface area contributed by atoms with Crippen LogP contribution in [-0.4, -0.2) is 16.5 Å². The normalized spacial score (nSPS) is 10.8. The van der Waals surface area contributed by atoms with E-state index in [2.05, 4.69) is 0 Å². The van der Waals surface area contributed by atoms with Crippen molar-refractivity contribution in [2.75, 3.05) is 0 Å². The Morgan fingerprint density at radius 1 is 1.00 bits per heavy atom. The molecule has 0 aliphatic carbocycles. The molecule has 0 radical (unpaired) electrons. The largest absolute Gasteiger partial charge is 0.504 e. The van der Waals surface area contributed by atoms with Crippen molar-refractivity contribution in [3.05, 3.63) is 82.2 Å². The van der Waals surface area contributed by atoms with Gasteiger partial charge in [0.25, 0.3) is 0 Å². The van der Waals surface area contributed by atoms with Crippen LogP contribution in [-0.2, 0) is 18.0 Å². The summed E-state index contributed by atoms with van der Waals surface area (Å²) in [6.45, 7) is 3.75. The molecule has 28 heavy (non-hydrogen) atoms. The number of carbonyl (C=O) groups excluding carboxylic acids is 1.